The van der Waals surface area contributed by atoms with E-state index in [1.54, 1.807) is 23.1 Å². The molecule has 0 spiro atoms. The molecule has 0 aromatic heterocycles. The van der Waals surface area contributed by atoms with Crippen molar-refractivity contribution in [2.24, 2.45) is 5.92 Å². The Labute approximate surface area is 105 Å². The maximum atomic E-state index is 11.8. The predicted octanol–water partition coefficient (Wildman–Crippen LogP) is 0.115. The molecule has 1 aliphatic heterocycles. The molecular formula is C11H14N2O4S. The van der Waals surface area contributed by atoms with Crippen LogP contribution in [0, 0.1) is 5.92 Å². The Morgan fingerprint density at radius 1 is 1.39 bits per heavy atom. The van der Waals surface area contributed by atoms with Crippen LogP contribution in [0.2, 0.25) is 0 Å². The van der Waals surface area contributed by atoms with E-state index in [1.165, 1.54) is 13.1 Å². The molecule has 1 saturated heterocycles. The fraction of sp³-hybridized carbons (Fsp3) is 0.364. The monoisotopic (exact) mass is 270 g/mol. The van der Waals surface area contributed by atoms with Gasteiger partial charge in [0.15, 0.2) is 0 Å². The zero-order valence-electron chi connectivity index (χ0n) is 9.83. The minimum atomic E-state index is -3.53. The van der Waals surface area contributed by atoms with Crippen molar-refractivity contribution in [3.63, 3.8) is 0 Å². The van der Waals surface area contributed by atoms with Gasteiger partial charge in [-0.25, -0.2) is 13.1 Å². The smallest absolute Gasteiger partial charge is 0.310 e. The van der Waals surface area contributed by atoms with Crippen molar-refractivity contribution in [2.75, 3.05) is 25.0 Å². The summed E-state index contributed by atoms with van der Waals surface area (Å²) in [5.41, 5.74) is 0.546. The largest absolute Gasteiger partial charge is 0.481 e. The van der Waals surface area contributed by atoms with E-state index in [9.17, 15) is 13.2 Å². The summed E-state index contributed by atoms with van der Waals surface area (Å²) in [7, 11) is -2.18. The summed E-state index contributed by atoms with van der Waals surface area (Å²) >= 11 is 0. The molecule has 0 bridgehead atoms. The number of rotatable bonds is 4. The lowest BCUT2D eigenvalue weighted by molar-refractivity contribution is -0.142. The molecule has 6 nitrogen and oxygen atoms in total. The quantitative estimate of drug-likeness (QED) is 0.811. The van der Waals surface area contributed by atoms with Gasteiger partial charge < -0.3 is 10.0 Å². The molecule has 2 rings (SSSR count). The van der Waals surface area contributed by atoms with Crippen LogP contribution in [0.25, 0.3) is 0 Å². The van der Waals surface area contributed by atoms with Crippen LogP contribution in [0.3, 0.4) is 0 Å². The predicted molar refractivity (Wildman–Crippen MR) is 66.0 cm³/mol. The van der Waals surface area contributed by atoms with E-state index < -0.39 is 21.9 Å². The Hall–Kier alpha value is -1.60. The molecule has 1 aromatic rings. The maximum absolute atomic E-state index is 11.8. The normalized spacial score (nSPS) is 16.4. The summed E-state index contributed by atoms with van der Waals surface area (Å²) in [6, 6.07) is 6.57. The van der Waals surface area contributed by atoms with E-state index in [0.717, 1.165) is 0 Å². The molecular weight excluding hydrogens is 256 g/mol. The van der Waals surface area contributed by atoms with Crippen LogP contribution < -0.4 is 9.62 Å². The fourth-order valence-electron chi connectivity index (χ4n) is 1.89. The van der Waals surface area contributed by atoms with Crippen LogP contribution >= 0.6 is 0 Å². The first kappa shape index (κ1) is 12.8. The molecule has 0 radical (unpaired) electrons. The van der Waals surface area contributed by atoms with Crippen LogP contribution in [-0.4, -0.2) is 39.6 Å². The first-order valence-electron chi connectivity index (χ1n) is 5.46. The summed E-state index contributed by atoms with van der Waals surface area (Å²) in [5, 5.41) is 8.82. The van der Waals surface area contributed by atoms with Crippen LogP contribution in [0.15, 0.2) is 29.2 Å². The number of para-hydroxylation sites is 1. The van der Waals surface area contributed by atoms with Crippen molar-refractivity contribution in [1.29, 1.82) is 0 Å². The van der Waals surface area contributed by atoms with Gasteiger partial charge >= 0.3 is 5.97 Å². The number of benzene rings is 1. The van der Waals surface area contributed by atoms with Crippen molar-refractivity contribution in [2.45, 2.75) is 4.90 Å². The number of hydrogen-bond acceptors (Lipinski definition) is 4. The molecule has 7 heteroatoms. The zero-order valence-corrected chi connectivity index (χ0v) is 10.6. The van der Waals surface area contributed by atoms with Gasteiger partial charge in [-0.15, -0.1) is 0 Å². The molecule has 0 saturated carbocycles. The van der Waals surface area contributed by atoms with Crippen LogP contribution in [0.5, 0.6) is 0 Å². The van der Waals surface area contributed by atoms with Gasteiger partial charge in [-0.05, 0) is 19.2 Å². The first-order chi connectivity index (χ1) is 8.45. The number of nitrogens with one attached hydrogen (secondary N) is 1. The number of hydrogen-bond donors (Lipinski definition) is 2. The number of anilines is 1. The highest BCUT2D eigenvalue weighted by Crippen LogP contribution is 2.30. The number of carbonyl (C=O) groups is 1. The molecule has 2 N–H and O–H groups in total. The lowest BCUT2D eigenvalue weighted by Gasteiger charge is -2.39. The summed E-state index contributed by atoms with van der Waals surface area (Å²) < 4.78 is 25.9. The van der Waals surface area contributed by atoms with E-state index >= 15 is 0 Å². The van der Waals surface area contributed by atoms with Gasteiger partial charge in [0.2, 0.25) is 10.0 Å². The van der Waals surface area contributed by atoms with Gasteiger partial charge in [0.05, 0.1) is 11.6 Å². The molecule has 18 heavy (non-hydrogen) atoms. The van der Waals surface area contributed by atoms with Crippen molar-refractivity contribution in [3.8, 4) is 0 Å². The van der Waals surface area contributed by atoms with E-state index in [0.29, 0.717) is 18.8 Å². The highest BCUT2D eigenvalue weighted by atomic mass is 32.2. The van der Waals surface area contributed by atoms with E-state index in [-0.39, 0.29) is 4.90 Å². The van der Waals surface area contributed by atoms with E-state index in [4.69, 9.17) is 5.11 Å². The SMILES string of the molecule is CNS(=O)(=O)c1ccccc1N1CC(C(=O)O)C1. The molecule has 98 valence electrons. The molecule has 0 atom stereocenters. The summed E-state index contributed by atoms with van der Waals surface area (Å²) in [6.45, 7) is 0.678. The Morgan fingerprint density at radius 3 is 2.56 bits per heavy atom. The zero-order chi connectivity index (χ0) is 13.3. The third-order valence-electron chi connectivity index (χ3n) is 2.99. The van der Waals surface area contributed by atoms with Gasteiger partial charge in [0.25, 0.3) is 0 Å². The topological polar surface area (TPSA) is 86.7 Å². The first-order valence-corrected chi connectivity index (χ1v) is 6.94. The fourth-order valence-corrected chi connectivity index (χ4v) is 2.84. The molecule has 1 aromatic carbocycles. The van der Waals surface area contributed by atoms with Gasteiger partial charge in [0, 0.05) is 13.1 Å². The second-order valence-electron chi connectivity index (χ2n) is 4.12. The van der Waals surface area contributed by atoms with Crippen LogP contribution in [-0.2, 0) is 14.8 Å². The molecule has 0 aliphatic carbocycles. The third-order valence-corrected chi connectivity index (χ3v) is 4.46. The minimum Gasteiger partial charge on any atom is -0.481 e. The molecule has 0 unspecified atom stereocenters. The van der Waals surface area contributed by atoms with E-state index in [1.807, 2.05) is 0 Å². The second-order valence-corrected chi connectivity index (χ2v) is 5.97. The van der Waals surface area contributed by atoms with Gasteiger partial charge in [-0.2, -0.15) is 0 Å². The molecule has 1 fully saturated rings. The molecule has 1 heterocycles. The van der Waals surface area contributed by atoms with Crippen molar-refractivity contribution >= 4 is 21.7 Å². The standard InChI is InChI=1S/C11H14N2O4S/c1-12-18(16,17)10-5-3-2-4-9(10)13-6-8(7-13)11(14)15/h2-5,8,12H,6-7H2,1H3,(H,14,15). The third kappa shape index (κ3) is 2.19. The minimum absolute atomic E-state index is 0.177. The van der Waals surface area contributed by atoms with Gasteiger partial charge in [-0.3, -0.25) is 4.79 Å². The maximum Gasteiger partial charge on any atom is 0.310 e. The number of carboxylic acid groups (broad SMARTS) is 1. The van der Waals surface area contributed by atoms with Gasteiger partial charge in [0.1, 0.15) is 4.90 Å². The van der Waals surface area contributed by atoms with Crippen molar-refractivity contribution in [1.82, 2.24) is 4.72 Å². The average molecular weight is 270 g/mol. The average Bonchev–Trinajstić information content (AvgIpc) is 2.27. The highest BCUT2D eigenvalue weighted by Gasteiger charge is 2.34. The summed E-state index contributed by atoms with van der Waals surface area (Å²) in [5.74, 6) is -1.27. The van der Waals surface area contributed by atoms with Crippen molar-refractivity contribution in [3.05, 3.63) is 24.3 Å². The van der Waals surface area contributed by atoms with Crippen molar-refractivity contribution < 1.29 is 18.3 Å². The van der Waals surface area contributed by atoms with E-state index in [2.05, 4.69) is 4.72 Å². The van der Waals surface area contributed by atoms with Gasteiger partial charge in [-0.1, -0.05) is 12.1 Å². The lowest BCUT2D eigenvalue weighted by Crippen LogP contribution is -2.51. The molecule has 1 aliphatic rings. The Balaban J connectivity index is 2.28. The summed E-state index contributed by atoms with van der Waals surface area (Å²) in [4.78, 5) is 12.7. The molecule has 0 amide bonds. The highest BCUT2D eigenvalue weighted by molar-refractivity contribution is 7.89. The Morgan fingerprint density at radius 2 is 2.00 bits per heavy atom. The Kier molecular flexibility index (Phi) is 3.27. The Bertz CT molecular complexity index is 564. The summed E-state index contributed by atoms with van der Waals surface area (Å²) in [6.07, 6.45) is 0. The lowest BCUT2D eigenvalue weighted by atomic mass is 10.00. The number of nitrogens with zero attached hydrogens (tertiary/aromatic N) is 1. The van der Waals surface area contributed by atoms with Crippen LogP contribution in [0.1, 0.15) is 0 Å². The number of carboxylic acids is 1. The van der Waals surface area contributed by atoms with Crippen LogP contribution in [0.4, 0.5) is 5.69 Å². The number of sulfonamides is 1. The number of aliphatic carboxylic acids is 1. The second kappa shape index (κ2) is 4.58.